The van der Waals surface area contributed by atoms with Gasteiger partial charge in [-0.1, -0.05) is 0 Å². The predicted octanol–water partition coefficient (Wildman–Crippen LogP) is 1.32. The van der Waals surface area contributed by atoms with Crippen LogP contribution >= 0.6 is 0 Å². The van der Waals surface area contributed by atoms with E-state index in [-0.39, 0.29) is 17.8 Å². The van der Waals surface area contributed by atoms with E-state index in [1.165, 1.54) is 0 Å². The summed E-state index contributed by atoms with van der Waals surface area (Å²) in [5.74, 6) is -0.342. The highest BCUT2D eigenvalue weighted by molar-refractivity contribution is 4.90. The lowest BCUT2D eigenvalue weighted by atomic mass is 9.73. The Bertz CT molecular complexity index is 213. The highest BCUT2D eigenvalue weighted by Crippen LogP contribution is 2.44. The Kier molecular flexibility index (Phi) is 3.85. The zero-order valence-electron chi connectivity index (χ0n) is 10.0. The summed E-state index contributed by atoms with van der Waals surface area (Å²) in [4.78, 5) is 0. The Morgan fingerprint density at radius 3 is 2.25 bits per heavy atom. The minimum Gasteiger partial charge on any atom is -0.396 e. The molecule has 0 aromatic heterocycles. The molecule has 2 rings (SSSR count). The minimum absolute atomic E-state index is 0.0728. The van der Waals surface area contributed by atoms with E-state index in [9.17, 15) is 5.11 Å². The van der Waals surface area contributed by atoms with Gasteiger partial charge in [-0.05, 0) is 19.8 Å². The first-order valence-corrected chi connectivity index (χ1v) is 6.21. The molecule has 2 aliphatic rings. The lowest BCUT2D eigenvalue weighted by Gasteiger charge is -2.42. The molecule has 4 nitrogen and oxygen atoms in total. The Balaban J connectivity index is 1.90. The second-order valence-corrected chi connectivity index (χ2v) is 4.90. The molecule has 0 amide bonds. The third-order valence-electron chi connectivity index (χ3n) is 3.83. The van der Waals surface area contributed by atoms with Crippen molar-refractivity contribution in [1.29, 1.82) is 0 Å². The van der Waals surface area contributed by atoms with Crippen molar-refractivity contribution in [3.05, 3.63) is 0 Å². The molecular weight excluding hydrogens is 208 g/mol. The van der Waals surface area contributed by atoms with Crippen molar-refractivity contribution in [2.75, 3.05) is 33.0 Å². The standard InChI is InChI=1S/C12H22O4/c1-2-14-10-11(9-13)3-5-12(6-4-11)15-7-8-16-12/h13H,2-10H2,1H3. The van der Waals surface area contributed by atoms with E-state index in [4.69, 9.17) is 14.2 Å². The van der Waals surface area contributed by atoms with Crippen LogP contribution in [0, 0.1) is 5.41 Å². The van der Waals surface area contributed by atoms with E-state index >= 15 is 0 Å². The first kappa shape index (κ1) is 12.3. The molecule has 1 aliphatic carbocycles. The van der Waals surface area contributed by atoms with Gasteiger partial charge in [0.2, 0.25) is 0 Å². The monoisotopic (exact) mass is 230 g/mol. The van der Waals surface area contributed by atoms with Gasteiger partial charge in [-0.3, -0.25) is 0 Å². The number of aliphatic hydroxyl groups is 1. The van der Waals surface area contributed by atoms with Crippen LogP contribution in [0.2, 0.25) is 0 Å². The van der Waals surface area contributed by atoms with Crippen LogP contribution in [0.5, 0.6) is 0 Å². The third-order valence-corrected chi connectivity index (χ3v) is 3.83. The molecule has 1 saturated heterocycles. The molecule has 16 heavy (non-hydrogen) atoms. The molecule has 0 bridgehead atoms. The molecule has 4 heteroatoms. The number of rotatable bonds is 4. The Hall–Kier alpha value is -0.160. The van der Waals surface area contributed by atoms with Crippen LogP contribution < -0.4 is 0 Å². The van der Waals surface area contributed by atoms with E-state index in [0.29, 0.717) is 26.4 Å². The summed E-state index contributed by atoms with van der Waals surface area (Å²) in [6.07, 6.45) is 3.59. The summed E-state index contributed by atoms with van der Waals surface area (Å²) in [5.41, 5.74) is -0.0728. The van der Waals surface area contributed by atoms with Gasteiger partial charge in [-0.25, -0.2) is 0 Å². The van der Waals surface area contributed by atoms with E-state index in [1.807, 2.05) is 6.92 Å². The largest absolute Gasteiger partial charge is 0.396 e. The van der Waals surface area contributed by atoms with Crippen LogP contribution in [0.15, 0.2) is 0 Å². The maximum atomic E-state index is 9.54. The minimum atomic E-state index is -0.342. The summed E-state index contributed by atoms with van der Waals surface area (Å²) in [7, 11) is 0. The van der Waals surface area contributed by atoms with Gasteiger partial charge in [0.1, 0.15) is 0 Å². The van der Waals surface area contributed by atoms with Gasteiger partial charge in [0.05, 0.1) is 26.4 Å². The molecule has 1 heterocycles. The van der Waals surface area contributed by atoms with E-state index < -0.39 is 0 Å². The molecule has 1 spiro atoms. The van der Waals surface area contributed by atoms with Crippen LogP contribution in [-0.2, 0) is 14.2 Å². The number of hydrogen-bond acceptors (Lipinski definition) is 4. The zero-order valence-corrected chi connectivity index (χ0v) is 10.0. The summed E-state index contributed by atoms with van der Waals surface area (Å²) >= 11 is 0. The highest BCUT2D eigenvalue weighted by Gasteiger charge is 2.46. The Morgan fingerprint density at radius 1 is 1.12 bits per heavy atom. The van der Waals surface area contributed by atoms with Gasteiger partial charge in [0, 0.05) is 24.9 Å². The van der Waals surface area contributed by atoms with E-state index in [2.05, 4.69) is 0 Å². The fraction of sp³-hybridized carbons (Fsp3) is 1.00. The average Bonchev–Trinajstić information content (AvgIpc) is 2.78. The molecule has 0 unspecified atom stereocenters. The Morgan fingerprint density at radius 2 is 1.75 bits per heavy atom. The molecule has 0 atom stereocenters. The lowest BCUT2D eigenvalue weighted by Crippen LogP contribution is -2.43. The number of aliphatic hydroxyl groups excluding tert-OH is 1. The van der Waals surface area contributed by atoms with Crippen molar-refractivity contribution in [2.45, 2.75) is 38.4 Å². The van der Waals surface area contributed by atoms with Crippen LogP contribution in [0.1, 0.15) is 32.6 Å². The average molecular weight is 230 g/mol. The molecule has 0 aromatic rings. The summed E-state index contributed by atoms with van der Waals surface area (Å²) in [6.45, 7) is 4.95. The predicted molar refractivity (Wildman–Crippen MR) is 59.1 cm³/mol. The second-order valence-electron chi connectivity index (χ2n) is 4.90. The van der Waals surface area contributed by atoms with Crippen molar-refractivity contribution in [1.82, 2.24) is 0 Å². The van der Waals surface area contributed by atoms with Crippen molar-refractivity contribution in [3.8, 4) is 0 Å². The van der Waals surface area contributed by atoms with Gasteiger partial charge >= 0.3 is 0 Å². The van der Waals surface area contributed by atoms with Gasteiger partial charge in [-0.15, -0.1) is 0 Å². The molecule has 1 saturated carbocycles. The smallest absolute Gasteiger partial charge is 0.168 e. The van der Waals surface area contributed by atoms with Gasteiger partial charge in [0.15, 0.2) is 5.79 Å². The van der Waals surface area contributed by atoms with Crippen molar-refractivity contribution in [2.24, 2.45) is 5.41 Å². The van der Waals surface area contributed by atoms with E-state index in [1.54, 1.807) is 0 Å². The summed E-state index contributed by atoms with van der Waals surface area (Å²) in [5, 5.41) is 9.54. The molecule has 1 aliphatic heterocycles. The van der Waals surface area contributed by atoms with Crippen molar-refractivity contribution >= 4 is 0 Å². The fourth-order valence-electron chi connectivity index (χ4n) is 2.61. The maximum absolute atomic E-state index is 9.54. The molecule has 1 N–H and O–H groups in total. The van der Waals surface area contributed by atoms with Gasteiger partial charge in [0.25, 0.3) is 0 Å². The zero-order chi connectivity index (χ0) is 11.5. The fourth-order valence-corrected chi connectivity index (χ4v) is 2.61. The van der Waals surface area contributed by atoms with Gasteiger partial charge < -0.3 is 19.3 Å². The molecule has 94 valence electrons. The third kappa shape index (κ3) is 2.40. The highest BCUT2D eigenvalue weighted by atomic mass is 16.7. The molecular formula is C12H22O4. The molecule has 0 radical (unpaired) electrons. The first-order chi connectivity index (χ1) is 7.74. The SMILES string of the molecule is CCOCC1(CO)CCC2(CC1)OCCO2. The normalized spacial score (nSPS) is 27.4. The van der Waals surface area contributed by atoms with Gasteiger partial charge in [-0.2, -0.15) is 0 Å². The quantitative estimate of drug-likeness (QED) is 0.791. The van der Waals surface area contributed by atoms with E-state index in [0.717, 1.165) is 25.7 Å². The second kappa shape index (κ2) is 5.00. The maximum Gasteiger partial charge on any atom is 0.168 e. The number of ether oxygens (including phenoxy) is 3. The van der Waals surface area contributed by atoms with Crippen LogP contribution in [0.3, 0.4) is 0 Å². The van der Waals surface area contributed by atoms with Crippen LogP contribution in [0.4, 0.5) is 0 Å². The van der Waals surface area contributed by atoms with Crippen molar-refractivity contribution < 1.29 is 19.3 Å². The number of hydrogen-bond donors (Lipinski definition) is 1. The lowest BCUT2D eigenvalue weighted by molar-refractivity contribution is -0.199. The Labute approximate surface area is 96.9 Å². The summed E-state index contributed by atoms with van der Waals surface area (Å²) in [6, 6.07) is 0. The topological polar surface area (TPSA) is 47.9 Å². The summed E-state index contributed by atoms with van der Waals surface area (Å²) < 4.78 is 16.8. The van der Waals surface area contributed by atoms with Crippen LogP contribution in [-0.4, -0.2) is 43.9 Å². The first-order valence-electron chi connectivity index (χ1n) is 6.21. The molecule has 2 fully saturated rings. The van der Waals surface area contributed by atoms with Crippen LogP contribution in [0.25, 0.3) is 0 Å². The van der Waals surface area contributed by atoms with Crippen molar-refractivity contribution in [3.63, 3.8) is 0 Å². The molecule has 0 aromatic carbocycles.